The van der Waals surface area contributed by atoms with E-state index in [4.69, 9.17) is 9.47 Å². The second-order valence-electron chi connectivity index (χ2n) is 6.29. The molecule has 0 spiro atoms. The van der Waals surface area contributed by atoms with E-state index in [1.807, 2.05) is 36.2 Å². The van der Waals surface area contributed by atoms with Gasteiger partial charge in [-0.15, -0.1) is 0 Å². The highest BCUT2D eigenvalue weighted by molar-refractivity contribution is 6.05. The minimum Gasteiger partial charge on any atom is -0.497 e. The molecule has 0 bridgehead atoms. The van der Waals surface area contributed by atoms with Crippen molar-refractivity contribution in [2.24, 2.45) is 0 Å². The molecule has 0 aliphatic carbocycles. The fourth-order valence-corrected chi connectivity index (χ4v) is 2.81. The number of anilines is 2. The number of amides is 1. The smallest absolute Gasteiger partial charge is 0.257 e. The van der Waals surface area contributed by atoms with Crippen molar-refractivity contribution in [1.29, 1.82) is 0 Å². The molecule has 0 fully saturated rings. The Hall–Kier alpha value is -3.54. The van der Waals surface area contributed by atoms with Gasteiger partial charge in [0.25, 0.3) is 5.91 Å². The summed E-state index contributed by atoms with van der Waals surface area (Å²) in [5.74, 6) is 0.921. The fourth-order valence-electron chi connectivity index (χ4n) is 2.81. The topological polar surface area (TPSA) is 63.7 Å². The van der Waals surface area contributed by atoms with Crippen LogP contribution in [-0.2, 0) is 6.54 Å². The Kier molecular flexibility index (Phi) is 6.11. The Morgan fingerprint density at radius 3 is 2.54 bits per heavy atom. The molecule has 1 amide bonds. The summed E-state index contributed by atoms with van der Waals surface area (Å²) in [4.78, 5) is 19.0. The van der Waals surface area contributed by atoms with Crippen LogP contribution < -0.4 is 19.7 Å². The zero-order chi connectivity index (χ0) is 19.9. The number of carbonyl (C=O) groups is 1. The second kappa shape index (κ2) is 8.90. The van der Waals surface area contributed by atoms with Gasteiger partial charge in [-0.25, -0.2) is 0 Å². The highest BCUT2D eigenvalue weighted by Gasteiger charge is 2.13. The molecule has 3 rings (SSSR count). The highest BCUT2D eigenvalue weighted by atomic mass is 16.5. The van der Waals surface area contributed by atoms with Crippen molar-refractivity contribution in [2.45, 2.75) is 6.54 Å². The summed E-state index contributed by atoms with van der Waals surface area (Å²) < 4.78 is 10.5. The molecular formula is C22H23N3O3. The maximum Gasteiger partial charge on any atom is 0.257 e. The number of aromatic nitrogens is 1. The number of nitrogens with one attached hydrogen (secondary N) is 1. The molecule has 6 heteroatoms. The lowest BCUT2D eigenvalue weighted by Gasteiger charge is -2.19. The largest absolute Gasteiger partial charge is 0.497 e. The van der Waals surface area contributed by atoms with Crippen LogP contribution in [0.4, 0.5) is 11.4 Å². The SMILES string of the molecule is COc1ccc(NC(=O)c2cncc(N(C)Cc3ccccc3)c2)c(OC)c1. The predicted molar refractivity (Wildman–Crippen MR) is 110 cm³/mol. The minimum atomic E-state index is -0.258. The van der Waals surface area contributed by atoms with Crippen LogP contribution in [0.1, 0.15) is 15.9 Å². The molecule has 0 radical (unpaired) electrons. The van der Waals surface area contributed by atoms with E-state index in [1.54, 1.807) is 44.8 Å². The normalized spacial score (nSPS) is 10.2. The first-order valence-corrected chi connectivity index (χ1v) is 8.84. The van der Waals surface area contributed by atoms with Crippen LogP contribution in [0.5, 0.6) is 11.5 Å². The van der Waals surface area contributed by atoms with Crippen LogP contribution in [0.3, 0.4) is 0 Å². The first kappa shape index (κ1) is 19.2. The van der Waals surface area contributed by atoms with Gasteiger partial charge in [0.15, 0.2) is 0 Å². The summed E-state index contributed by atoms with van der Waals surface area (Å²) >= 11 is 0. The van der Waals surface area contributed by atoms with E-state index < -0.39 is 0 Å². The molecule has 3 aromatic rings. The molecule has 2 aromatic carbocycles. The van der Waals surface area contributed by atoms with E-state index in [0.29, 0.717) is 22.7 Å². The fraction of sp³-hybridized carbons (Fsp3) is 0.182. The van der Waals surface area contributed by atoms with Crippen molar-refractivity contribution >= 4 is 17.3 Å². The van der Waals surface area contributed by atoms with Crippen molar-refractivity contribution < 1.29 is 14.3 Å². The van der Waals surface area contributed by atoms with Gasteiger partial charge in [-0.3, -0.25) is 9.78 Å². The molecule has 28 heavy (non-hydrogen) atoms. The number of nitrogens with zero attached hydrogens (tertiary/aromatic N) is 2. The number of methoxy groups -OCH3 is 2. The molecule has 0 saturated carbocycles. The molecule has 0 aliphatic heterocycles. The molecule has 1 N–H and O–H groups in total. The van der Waals surface area contributed by atoms with Gasteiger partial charge in [0.2, 0.25) is 0 Å². The van der Waals surface area contributed by atoms with E-state index in [2.05, 4.69) is 22.4 Å². The number of rotatable bonds is 7. The van der Waals surface area contributed by atoms with Gasteiger partial charge in [-0.05, 0) is 23.8 Å². The van der Waals surface area contributed by atoms with E-state index in [9.17, 15) is 4.79 Å². The number of ether oxygens (including phenoxy) is 2. The van der Waals surface area contributed by atoms with Gasteiger partial charge in [0.05, 0.1) is 37.4 Å². The van der Waals surface area contributed by atoms with E-state index in [-0.39, 0.29) is 5.91 Å². The lowest BCUT2D eigenvalue weighted by atomic mass is 10.2. The van der Waals surface area contributed by atoms with Gasteiger partial charge in [-0.1, -0.05) is 30.3 Å². The monoisotopic (exact) mass is 377 g/mol. The van der Waals surface area contributed by atoms with Crippen LogP contribution in [0.25, 0.3) is 0 Å². The third kappa shape index (κ3) is 4.59. The number of hydrogen-bond acceptors (Lipinski definition) is 5. The molecule has 1 aromatic heterocycles. The number of pyridine rings is 1. The van der Waals surface area contributed by atoms with Crippen molar-refractivity contribution in [3.63, 3.8) is 0 Å². The molecule has 0 unspecified atom stereocenters. The molecule has 6 nitrogen and oxygen atoms in total. The zero-order valence-electron chi connectivity index (χ0n) is 16.2. The lowest BCUT2D eigenvalue weighted by molar-refractivity contribution is 0.102. The van der Waals surface area contributed by atoms with Crippen LogP contribution in [0, 0.1) is 0 Å². The van der Waals surface area contributed by atoms with Crippen LogP contribution in [0.15, 0.2) is 67.0 Å². The molecule has 1 heterocycles. The first-order chi connectivity index (χ1) is 13.6. The van der Waals surface area contributed by atoms with Gasteiger partial charge in [-0.2, -0.15) is 0 Å². The maximum atomic E-state index is 12.7. The van der Waals surface area contributed by atoms with E-state index in [0.717, 1.165) is 12.2 Å². The van der Waals surface area contributed by atoms with Gasteiger partial charge in [0.1, 0.15) is 11.5 Å². The van der Waals surface area contributed by atoms with Crippen molar-refractivity contribution in [2.75, 3.05) is 31.5 Å². The van der Waals surface area contributed by atoms with Crippen LogP contribution in [0.2, 0.25) is 0 Å². The third-order valence-electron chi connectivity index (χ3n) is 4.35. The average molecular weight is 377 g/mol. The zero-order valence-corrected chi connectivity index (χ0v) is 16.2. The van der Waals surface area contributed by atoms with Crippen molar-refractivity contribution in [3.05, 3.63) is 78.1 Å². The third-order valence-corrected chi connectivity index (χ3v) is 4.35. The summed E-state index contributed by atoms with van der Waals surface area (Å²) in [7, 11) is 5.10. The summed E-state index contributed by atoms with van der Waals surface area (Å²) in [5.41, 5.74) is 3.08. The minimum absolute atomic E-state index is 0.258. The van der Waals surface area contributed by atoms with Gasteiger partial charge >= 0.3 is 0 Å². The molecule has 0 atom stereocenters. The van der Waals surface area contributed by atoms with E-state index in [1.165, 1.54) is 5.56 Å². The standard InChI is InChI=1S/C22H23N3O3/c1-25(15-16-7-5-4-6-8-16)18-11-17(13-23-14-18)22(26)24-20-10-9-19(27-2)12-21(20)28-3/h4-14H,15H2,1-3H3,(H,24,26). The highest BCUT2D eigenvalue weighted by Crippen LogP contribution is 2.29. The Labute approximate surface area is 164 Å². The van der Waals surface area contributed by atoms with E-state index >= 15 is 0 Å². The second-order valence-corrected chi connectivity index (χ2v) is 6.29. The molecular weight excluding hydrogens is 354 g/mol. The Morgan fingerprint density at radius 1 is 1.04 bits per heavy atom. The molecule has 0 saturated heterocycles. The van der Waals surface area contributed by atoms with Gasteiger partial charge in [0, 0.05) is 25.9 Å². The average Bonchev–Trinajstić information content (AvgIpc) is 2.74. The summed E-state index contributed by atoms with van der Waals surface area (Å²) in [6.45, 7) is 0.722. The summed E-state index contributed by atoms with van der Waals surface area (Å²) in [5, 5.41) is 2.87. The molecule has 0 aliphatic rings. The summed E-state index contributed by atoms with van der Waals surface area (Å²) in [6.07, 6.45) is 3.29. The van der Waals surface area contributed by atoms with Crippen molar-refractivity contribution in [3.8, 4) is 11.5 Å². The quantitative estimate of drug-likeness (QED) is 0.675. The summed E-state index contributed by atoms with van der Waals surface area (Å²) in [6, 6.07) is 17.2. The van der Waals surface area contributed by atoms with Crippen LogP contribution >= 0.6 is 0 Å². The Bertz CT molecular complexity index is 945. The first-order valence-electron chi connectivity index (χ1n) is 8.84. The predicted octanol–water partition coefficient (Wildman–Crippen LogP) is 3.99. The number of hydrogen-bond donors (Lipinski definition) is 1. The molecule has 144 valence electrons. The lowest BCUT2D eigenvalue weighted by Crippen LogP contribution is -2.18. The Balaban J connectivity index is 1.75. The van der Waals surface area contributed by atoms with Crippen LogP contribution in [-0.4, -0.2) is 32.2 Å². The van der Waals surface area contributed by atoms with Crippen molar-refractivity contribution in [1.82, 2.24) is 4.98 Å². The number of benzene rings is 2. The maximum absolute atomic E-state index is 12.7. The number of carbonyl (C=O) groups excluding carboxylic acids is 1. The van der Waals surface area contributed by atoms with Gasteiger partial charge < -0.3 is 19.7 Å². The Morgan fingerprint density at radius 2 is 1.82 bits per heavy atom.